The van der Waals surface area contributed by atoms with Gasteiger partial charge in [0.15, 0.2) is 0 Å². The summed E-state index contributed by atoms with van der Waals surface area (Å²) in [7, 11) is 0. The van der Waals surface area contributed by atoms with E-state index < -0.39 is 17.9 Å². The van der Waals surface area contributed by atoms with E-state index in [0.717, 1.165) is 6.07 Å². The lowest BCUT2D eigenvalue weighted by Gasteiger charge is -2.03. The summed E-state index contributed by atoms with van der Waals surface area (Å²) in [4.78, 5) is 3.21. The standard InChI is InChI=1S/C8H5F3N2/c1-4-2-5(3-12)6(7(9)10)8(11)13-4/h2,7H,1H3. The molecule has 0 spiro atoms. The molecule has 0 atom stereocenters. The van der Waals surface area contributed by atoms with Crippen LogP contribution in [0, 0.1) is 24.2 Å². The Hall–Kier alpha value is -1.57. The number of alkyl halides is 2. The smallest absolute Gasteiger partial charge is 0.225 e. The third-order valence-electron chi connectivity index (χ3n) is 1.48. The van der Waals surface area contributed by atoms with Crippen LogP contribution in [0.15, 0.2) is 6.07 Å². The van der Waals surface area contributed by atoms with Gasteiger partial charge in [-0.2, -0.15) is 9.65 Å². The van der Waals surface area contributed by atoms with Gasteiger partial charge in [-0.05, 0) is 13.0 Å². The van der Waals surface area contributed by atoms with Gasteiger partial charge in [0, 0.05) is 5.69 Å². The van der Waals surface area contributed by atoms with Gasteiger partial charge in [-0.25, -0.2) is 13.8 Å². The van der Waals surface area contributed by atoms with Gasteiger partial charge < -0.3 is 0 Å². The molecule has 0 radical (unpaired) electrons. The van der Waals surface area contributed by atoms with Crippen LogP contribution in [0.3, 0.4) is 0 Å². The van der Waals surface area contributed by atoms with Gasteiger partial charge in [0.2, 0.25) is 5.95 Å². The minimum Gasteiger partial charge on any atom is -0.225 e. The zero-order valence-electron chi connectivity index (χ0n) is 6.68. The molecule has 0 saturated carbocycles. The number of rotatable bonds is 1. The molecule has 0 N–H and O–H groups in total. The van der Waals surface area contributed by atoms with Crippen LogP contribution in [0.2, 0.25) is 0 Å². The summed E-state index contributed by atoms with van der Waals surface area (Å²) in [6.07, 6.45) is -3.01. The number of aromatic nitrogens is 1. The maximum atomic E-state index is 12.8. The van der Waals surface area contributed by atoms with Crippen LogP contribution in [-0.4, -0.2) is 4.98 Å². The van der Waals surface area contributed by atoms with Crippen molar-refractivity contribution >= 4 is 0 Å². The van der Waals surface area contributed by atoms with Crippen LogP contribution in [0.1, 0.15) is 23.2 Å². The van der Waals surface area contributed by atoms with Crippen molar-refractivity contribution in [1.82, 2.24) is 4.98 Å². The van der Waals surface area contributed by atoms with Crippen molar-refractivity contribution in [3.05, 3.63) is 28.8 Å². The first-order chi connectivity index (χ1) is 6.06. The number of hydrogen-bond donors (Lipinski definition) is 0. The second-order valence-corrected chi connectivity index (χ2v) is 2.43. The Morgan fingerprint density at radius 2 is 2.15 bits per heavy atom. The first kappa shape index (κ1) is 9.52. The third-order valence-corrected chi connectivity index (χ3v) is 1.48. The van der Waals surface area contributed by atoms with Crippen LogP contribution in [-0.2, 0) is 0 Å². The summed E-state index contributed by atoms with van der Waals surface area (Å²) in [6, 6.07) is 2.63. The second-order valence-electron chi connectivity index (χ2n) is 2.43. The average Bonchev–Trinajstić information content (AvgIpc) is 2.01. The van der Waals surface area contributed by atoms with E-state index >= 15 is 0 Å². The Labute approximate surface area is 72.6 Å². The highest BCUT2D eigenvalue weighted by molar-refractivity contribution is 5.38. The normalized spacial score (nSPS) is 10.2. The molecule has 0 saturated heterocycles. The minimum absolute atomic E-state index is 0.207. The van der Waals surface area contributed by atoms with Crippen molar-refractivity contribution in [2.24, 2.45) is 0 Å². The number of pyridine rings is 1. The van der Waals surface area contributed by atoms with Crippen LogP contribution in [0.4, 0.5) is 13.2 Å². The number of hydrogen-bond acceptors (Lipinski definition) is 2. The van der Waals surface area contributed by atoms with Crippen molar-refractivity contribution in [2.45, 2.75) is 13.3 Å². The van der Waals surface area contributed by atoms with E-state index in [9.17, 15) is 13.2 Å². The summed E-state index contributed by atoms with van der Waals surface area (Å²) in [5.41, 5.74) is -1.08. The molecule has 0 aliphatic heterocycles. The molecule has 13 heavy (non-hydrogen) atoms. The van der Waals surface area contributed by atoms with E-state index in [-0.39, 0.29) is 11.3 Å². The summed E-state index contributed by atoms with van der Waals surface area (Å²) in [5.74, 6) is -1.27. The zero-order valence-corrected chi connectivity index (χ0v) is 6.68. The molecule has 1 aromatic rings. The van der Waals surface area contributed by atoms with Crippen molar-refractivity contribution < 1.29 is 13.2 Å². The largest absolute Gasteiger partial charge is 0.269 e. The highest BCUT2D eigenvalue weighted by atomic mass is 19.3. The SMILES string of the molecule is Cc1cc(C#N)c(C(F)F)c(F)n1. The molecule has 0 aromatic carbocycles. The molecular formula is C8H5F3N2. The Balaban J connectivity index is 3.41. The maximum Gasteiger partial charge on any atom is 0.269 e. The molecule has 1 heterocycles. The predicted molar refractivity (Wildman–Crippen MR) is 38.6 cm³/mol. The zero-order chi connectivity index (χ0) is 10.0. The van der Waals surface area contributed by atoms with Gasteiger partial charge in [-0.15, -0.1) is 0 Å². The Kier molecular flexibility index (Phi) is 2.52. The van der Waals surface area contributed by atoms with Gasteiger partial charge in [0.25, 0.3) is 6.43 Å². The molecule has 0 aliphatic rings. The molecule has 0 unspecified atom stereocenters. The molecule has 1 rings (SSSR count). The van der Waals surface area contributed by atoms with E-state index in [0.29, 0.717) is 0 Å². The molecule has 0 aliphatic carbocycles. The van der Waals surface area contributed by atoms with Gasteiger partial charge >= 0.3 is 0 Å². The summed E-state index contributed by atoms with van der Waals surface area (Å²) >= 11 is 0. The molecule has 0 amide bonds. The topological polar surface area (TPSA) is 36.7 Å². The summed E-state index contributed by atoms with van der Waals surface area (Å²) in [5, 5.41) is 8.44. The quantitative estimate of drug-likeness (QED) is 0.631. The Morgan fingerprint density at radius 1 is 1.54 bits per heavy atom. The minimum atomic E-state index is -3.01. The van der Waals surface area contributed by atoms with E-state index in [1.807, 2.05) is 0 Å². The fraction of sp³-hybridized carbons (Fsp3) is 0.250. The maximum absolute atomic E-state index is 12.8. The van der Waals surface area contributed by atoms with Gasteiger partial charge in [-0.1, -0.05) is 0 Å². The number of nitrogens with zero attached hydrogens (tertiary/aromatic N) is 2. The number of aryl methyl sites for hydroxylation is 1. The van der Waals surface area contributed by atoms with Crippen LogP contribution < -0.4 is 0 Å². The fourth-order valence-corrected chi connectivity index (χ4v) is 0.945. The molecule has 0 bridgehead atoms. The van der Waals surface area contributed by atoms with Crippen molar-refractivity contribution in [3.63, 3.8) is 0 Å². The van der Waals surface area contributed by atoms with Crippen LogP contribution in [0.5, 0.6) is 0 Å². The van der Waals surface area contributed by atoms with Crippen LogP contribution >= 0.6 is 0 Å². The molecule has 5 heteroatoms. The van der Waals surface area contributed by atoms with Gasteiger partial charge in [-0.3, -0.25) is 0 Å². The highest BCUT2D eigenvalue weighted by Gasteiger charge is 2.19. The Bertz CT molecular complexity index is 368. The van der Waals surface area contributed by atoms with E-state index in [2.05, 4.69) is 4.98 Å². The predicted octanol–water partition coefficient (Wildman–Crippen LogP) is 2.34. The monoisotopic (exact) mass is 186 g/mol. The lowest BCUT2D eigenvalue weighted by atomic mass is 10.1. The third kappa shape index (κ3) is 1.78. The molecule has 1 aromatic heterocycles. The Morgan fingerprint density at radius 3 is 2.62 bits per heavy atom. The van der Waals surface area contributed by atoms with E-state index in [1.165, 1.54) is 13.0 Å². The second kappa shape index (κ2) is 3.44. The molecule has 68 valence electrons. The van der Waals surface area contributed by atoms with Crippen LogP contribution in [0.25, 0.3) is 0 Å². The molecule has 0 fully saturated rings. The first-order valence-electron chi connectivity index (χ1n) is 3.41. The highest BCUT2D eigenvalue weighted by Crippen LogP contribution is 2.24. The average molecular weight is 186 g/mol. The fourth-order valence-electron chi connectivity index (χ4n) is 0.945. The molecular weight excluding hydrogens is 181 g/mol. The molecule has 2 nitrogen and oxygen atoms in total. The van der Waals surface area contributed by atoms with Crippen molar-refractivity contribution in [3.8, 4) is 6.07 Å². The van der Waals surface area contributed by atoms with Gasteiger partial charge in [0.1, 0.15) is 0 Å². The van der Waals surface area contributed by atoms with Crippen molar-refractivity contribution in [1.29, 1.82) is 5.26 Å². The number of nitriles is 1. The van der Waals surface area contributed by atoms with E-state index in [4.69, 9.17) is 5.26 Å². The summed E-state index contributed by atoms with van der Waals surface area (Å²) in [6.45, 7) is 1.43. The lowest BCUT2D eigenvalue weighted by molar-refractivity contribution is 0.144. The van der Waals surface area contributed by atoms with E-state index in [1.54, 1.807) is 0 Å². The summed E-state index contributed by atoms with van der Waals surface area (Å²) < 4.78 is 37.2. The lowest BCUT2D eigenvalue weighted by Crippen LogP contribution is -2.00. The van der Waals surface area contributed by atoms with Gasteiger partial charge in [0.05, 0.1) is 17.2 Å². The van der Waals surface area contributed by atoms with Crippen molar-refractivity contribution in [2.75, 3.05) is 0 Å². The number of halogens is 3. The first-order valence-corrected chi connectivity index (χ1v) is 3.41.